The standard InChI is InChI=1S/C10H9NO3/c1-14-8-5-7(12)9-6(10(8)13)3-2-4-11-9/h2-6,9H,1H3. The SMILES string of the molecule is COC1=CC(=O)C2N=CC=CC2C1=O. The Labute approximate surface area is 81.0 Å². The van der Waals surface area contributed by atoms with Crippen LogP contribution in [0.4, 0.5) is 0 Å². The van der Waals surface area contributed by atoms with Gasteiger partial charge in [0.05, 0.1) is 13.0 Å². The number of aliphatic imine (C=N–C) groups is 1. The summed E-state index contributed by atoms with van der Waals surface area (Å²) in [7, 11) is 1.38. The molecule has 0 saturated carbocycles. The van der Waals surface area contributed by atoms with Gasteiger partial charge < -0.3 is 4.74 Å². The van der Waals surface area contributed by atoms with Crippen molar-refractivity contribution in [1.82, 2.24) is 0 Å². The molecule has 0 N–H and O–H groups in total. The van der Waals surface area contributed by atoms with Crippen molar-refractivity contribution in [1.29, 1.82) is 0 Å². The van der Waals surface area contributed by atoms with Crippen molar-refractivity contribution < 1.29 is 14.3 Å². The van der Waals surface area contributed by atoms with Crippen LogP contribution in [0.3, 0.4) is 0 Å². The van der Waals surface area contributed by atoms with E-state index >= 15 is 0 Å². The molecule has 14 heavy (non-hydrogen) atoms. The minimum absolute atomic E-state index is 0.123. The highest BCUT2D eigenvalue weighted by Crippen LogP contribution is 2.24. The Morgan fingerprint density at radius 1 is 1.43 bits per heavy atom. The van der Waals surface area contributed by atoms with Gasteiger partial charge in [0.1, 0.15) is 6.04 Å². The largest absolute Gasteiger partial charge is 0.493 e. The third kappa shape index (κ3) is 1.19. The second-order valence-electron chi connectivity index (χ2n) is 3.13. The summed E-state index contributed by atoms with van der Waals surface area (Å²) >= 11 is 0. The monoisotopic (exact) mass is 191 g/mol. The molecule has 2 aliphatic rings. The van der Waals surface area contributed by atoms with Crippen LogP contribution in [-0.2, 0) is 14.3 Å². The summed E-state index contributed by atoms with van der Waals surface area (Å²) in [4.78, 5) is 27.1. The van der Waals surface area contributed by atoms with Gasteiger partial charge in [-0.3, -0.25) is 14.6 Å². The quantitative estimate of drug-likeness (QED) is 0.598. The molecule has 4 heteroatoms. The normalized spacial score (nSPS) is 29.9. The van der Waals surface area contributed by atoms with Crippen LogP contribution in [0.15, 0.2) is 29.0 Å². The molecule has 0 fully saturated rings. The number of carbonyl (C=O) groups excluding carboxylic acids is 2. The first kappa shape index (κ1) is 8.87. The topological polar surface area (TPSA) is 55.7 Å². The summed E-state index contributed by atoms with van der Waals surface area (Å²) in [5, 5.41) is 0. The van der Waals surface area contributed by atoms with Gasteiger partial charge in [-0.1, -0.05) is 6.08 Å². The van der Waals surface area contributed by atoms with Crippen LogP contribution >= 0.6 is 0 Å². The van der Waals surface area contributed by atoms with E-state index in [1.165, 1.54) is 19.4 Å². The summed E-state index contributed by atoms with van der Waals surface area (Å²) in [6, 6.07) is -0.577. The predicted molar refractivity (Wildman–Crippen MR) is 50.0 cm³/mol. The molecule has 2 unspecified atom stereocenters. The lowest BCUT2D eigenvalue weighted by molar-refractivity contribution is -0.127. The lowest BCUT2D eigenvalue weighted by Crippen LogP contribution is -2.38. The zero-order valence-corrected chi connectivity index (χ0v) is 7.64. The summed E-state index contributed by atoms with van der Waals surface area (Å²) in [5.41, 5.74) is 0. The number of allylic oxidation sites excluding steroid dienone is 2. The molecule has 0 aromatic carbocycles. The first-order valence-corrected chi connectivity index (χ1v) is 4.28. The number of Topliss-reactive ketones (excluding diaryl/α,β-unsaturated/α-hetero) is 1. The molecule has 1 heterocycles. The molecule has 0 saturated heterocycles. The van der Waals surface area contributed by atoms with Gasteiger partial charge in [0.2, 0.25) is 5.78 Å². The zero-order chi connectivity index (χ0) is 10.1. The van der Waals surface area contributed by atoms with E-state index in [1.54, 1.807) is 12.2 Å². The number of rotatable bonds is 1. The third-order valence-electron chi connectivity index (χ3n) is 2.32. The lowest BCUT2D eigenvalue weighted by Gasteiger charge is -2.24. The number of ether oxygens (including phenoxy) is 1. The van der Waals surface area contributed by atoms with Crippen molar-refractivity contribution in [2.45, 2.75) is 6.04 Å². The molecular formula is C10H9NO3. The molecule has 2 rings (SSSR count). The Morgan fingerprint density at radius 3 is 2.93 bits per heavy atom. The van der Waals surface area contributed by atoms with Crippen LogP contribution in [0.1, 0.15) is 0 Å². The lowest BCUT2D eigenvalue weighted by atomic mass is 9.85. The highest BCUT2D eigenvalue weighted by Gasteiger charge is 2.38. The molecule has 0 aromatic rings. The molecule has 1 aliphatic carbocycles. The van der Waals surface area contributed by atoms with Crippen molar-refractivity contribution in [2.75, 3.05) is 7.11 Å². The van der Waals surface area contributed by atoms with Crippen LogP contribution < -0.4 is 0 Å². The van der Waals surface area contributed by atoms with E-state index in [0.717, 1.165) is 0 Å². The van der Waals surface area contributed by atoms with Gasteiger partial charge in [-0.15, -0.1) is 0 Å². The Morgan fingerprint density at radius 2 is 2.21 bits per heavy atom. The maximum Gasteiger partial charge on any atom is 0.206 e. The third-order valence-corrected chi connectivity index (χ3v) is 2.32. The molecule has 1 aliphatic heterocycles. The number of ketones is 2. The van der Waals surface area contributed by atoms with Crippen LogP contribution in [0.25, 0.3) is 0 Å². The summed E-state index contributed by atoms with van der Waals surface area (Å²) in [5.74, 6) is -0.706. The fraction of sp³-hybridized carbons (Fsp3) is 0.300. The van der Waals surface area contributed by atoms with E-state index in [-0.39, 0.29) is 17.3 Å². The second-order valence-corrected chi connectivity index (χ2v) is 3.13. The molecule has 0 radical (unpaired) electrons. The van der Waals surface area contributed by atoms with E-state index < -0.39 is 12.0 Å². The number of carbonyl (C=O) groups is 2. The van der Waals surface area contributed by atoms with Crippen LogP contribution in [0.5, 0.6) is 0 Å². The Kier molecular flexibility index (Phi) is 2.04. The van der Waals surface area contributed by atoms with Gasteiger partial charge in [0.15, 0.2) is 11.5 Å². The van der Waals surface area contributed by atoms with Crippen molar-refractivity contribution in [2.24, 2.45) is 10.9 Å². The van der Waals surface area contributed by atoms with E-state index in [2.05, 4.69) is 4.99 Å². The molecule has 0 amide bonds. The number of dihydropyridines is 1. The Balaban J connectivity index is 2.41. The number of hydrogen-bond donors (Lipinski definition) is 0. The van der Waals surface area contributed by atoms with Crippen LogP contribution in [0, 0.1) is 5.92 Å². The highest BCUT2D eigenvalue weighted by atomic mass is 16.5. The summed E-state index contributed by atoms with van der Waals surface area (Å²) in [6.07, 6.45) is 6.12. The van der Waals surface area contributed by atoms with E-state index in [4.69, 9.17) is 4.74 Å². The van der Waals surface area contributed by atoms with Gasteiger partial charge in [0, 0.05) is 12.3 Å². The molecule has 0 aromatic heterocycles. The fourth-order valence-corrected chi connectivity index (χ4v) is 1.60. The van der Waals surface area contributed by atoms with E-state index in [1.807, 2.05) is 0 Å². The minimum Gasteiger partial charge on any atom is -0.493 e. The van der Waals surface area contributed by atoms with Gasteiger partial charge >= 0.3 is 0 Å². The molecule has 0 spiro atoms. The molecule has 2 atom stereocenters. The minimum atomic E-state index is -0.577. The Bertz CT molecular complexity index is 379. The molecular weight excluding hydrogens is 182 g/mol. The fourth-order valence-electron chi connectivity index (χ4n) is 1.60. The van der Waals surface area contributed by atoms with Gasteiger partial charge in [0.25, 0.3) is 0 Å². The van der Waals surface area contributed by atoms with Crippen molar-refractivity contribution >= 4 is 17.8 Å². The number of methoxy groups -OCH3 is 1. The average Bonchev–Trinajstić information content (AvgIpc) is 2.23. The van der Waals surface area contributed by atoms with Crippen molar-refractivity contribution in [3.63, 3.8) is 0 Å². The molecule has 72 valence electrons. The van der Waals surface area contributed by atoms with E-state index in [9.17, 15) is 9.59 Å². The Hall–Kier alpha value is -1.71. The van der Waals surface area contributed by atoms with Crippen molar-refractivity contribution in [3.05, 3.63) is 24.0 Å². The van der Waals surface area contributed by atoms with E-state index in [0.29, 0.717) is 0 Å². The first-order chi connectivity index (χ1) is 6.74. The second kappa shape index (κ2) is 3.21. The number of hydrogen-bond acceptors (Lipinski definition) is 4. The van der Waals surface area contributed by atoms with Crippen LogP contribution in [-0.4, -0.2) is 30.9 Å². The smallest absolute Gasteiger partial charge is 0.206 e. The predicted octanol–water partition coefficient (Wildman–Crippen LogP) is 0.294. The summed E-state index contributed by atoms with van der Waals surface area (Å²) < 4.78 is 4.83. The van der Waals surface area contributed by atoms with Gasteiger partial charge in [-0.25, -0.2) is 0 Å². The summed E-state index contributed by atoms with van der Waals surface area (Å²) in [6.45, 7) is 0. The molecule has 0 bridgehead atoms. The molecule has 4 nitrogen and oxygen atoms in total. The maximum atomic E-state index is 11.7. The number of nitrogens with zero attached hydrogens (tertiary/aromatic N) is 1. The maximum absolute atomic E-state index is 11.7. The zero-order valence-electron chi connectivity index (χ0n) is 7.64. The first-order valence-electron chi connectivity index (χ1n) is 4.28. The van der Waals surface area contributed by atoms with Gasteiger partial charge in [-0.2, -0.15) is 0 Å². The van der Waals surface area contributed by atoms with Crippen LogP contribution in [0.2, 0.25) is 0 Å². The van der Waals surface area contributed by atoms with Gasteiger partial charge in [-0.05, 0) is 6.08 Å². The highest BCUT2D eigenvalue weighted by molar-refractivity contribution is 6.13. The van der Waals surface area contributed by atoms with Crippen molar-refractivity contribution in [3.8, 4) is 0 Å². The number of fused-ring (bicyclic) bond motifs is 1. The average molecular weight is 191 g/mol.